The SMILES string of the molecule is O=C1CCCN1CC(=O)N1CCC[C@@H](c2ncc(Cc3ccccc3)o2)C1. The summed E-state index contributed by atoms with van der Waals surface area (Å²) in [5.74, 6) is 1.82. The lowest BCUT2D eigenvalue weighted by Crippen LogP contribution is -2.45. The Hall–Kier alpha value is -2.63. The third kappa shape index (κ3) is 4.21. The second-order valence-electron chi connectivity index (χ2n) is 7.42. The molecule has 0 saturated carbocycles. The predicted molar refractivity (Wildman–Crippen MR) is 100 cm³/mol. The third-order valence-electron chi connectivity index (χ3n) is 5.41. The van der Waals surface area contributed by atoms with Gasteiger partial charge in [0.05, 0.1) is 18.7 Å². The molecular formula is C21H25N3O3. The Kier molecular flexibility index (Phi) is 5.23. The van der Waals surface area contributed by atoms with E-state index in [9.17, 15) is 9.59 Å². The number of hydrogen-bond acceptors (Lipinski definition) is 4. The highest BCUT2D eigenvalue weighted by Crippen LogP contribution is 2.27. The fraction of sp³-hybridized carbons (Fsp3) is 0.476. The number of likely N-dealkylation sites (tertiary alicyclic amines) is 2. The largest absolute Gasteiger partial charge is 0.445 e. The number of carbonyl (C=O) groups is 2. The van der Waals surface area contributed by atoms with E-state index in [1.807, 2.05) is 23.1 Å². The predicted octanol–water partition coefficient (Wildman–Crippen LogP) is 2.59. The molecule has 0 unspecified atom stereocenters. The first-order valence-electron chi connectivity index (χ1n) is 9.73. The Morgan fingerprint density at radius 3 is 2.81 bits per heavy atom. The van der Waals surface area contributed by atoms with Crippen molar-refractivity contribution in [3.8, 4) is 0 Å². The van der Waals surface area contributed by atoms with Gasteiger partial charge in [0.2, 0.25) is 11.8 Å². The van der Waals surface area contributed by atoms with Crippen LogP contribution in [0, 0.1) is 0 Å². The van der Waals surface area contributed by atoms with Crippen LogP contribution in [0.2, 0.25) is 0 Å². The summed E-state index contributed by atoms with van der Waals surface area (Å²) in [5, 5.41) is 0. The molecule has 2 amide bonds. The molecule has 27 heavy (non-hydrogen) atoms. The summed E-state index contributed by atoms with van der Waals surface area (Å²) in [5.41, 5.74) is 1.19. The van der Waals surface area contributed by atoms with Gasteiger partial charge < -0.3 is 14.2 Å². The van der Waals surface area contributed by atoms with Crippen molar-refractivity contribution in [1.29, 1.82) is 0 Å². The van der Waals surface area contributed by atoms with Crippen molar-refractivity contribution in [2.24, 2.45) is 0 Å². The number of amides is 2. The summed E-state index contributed by atoms with van der Waals surface area (Å²) in [7, 11) is 0. The molecular weight excluding hydrogens is 342 g/mol. The summed E-state index contributed by atoms with van der Waals surface area (Å²) >= 11 is 0. The van der Waals surface area contributed by atoms with Crippen molar-refractivity contribution in [2.45, 2.75) is 38.0 Å². The van der Waals surface area contributed by atoms with Gasteiger partial charge in [-0.3, -0.25) is 9.59 Å². The number of hydrogen-bond donors (Lipinski definition) is 0. The van der Waals surface area contributed by atoms with Crippen molar-refractivity contribution >= 4 is 11.8 Å². The first kappa shape index (κ1) is 17.8. The molecule has 6 nitrogen and oxygen atoms in total. The summed E-state index contributed by atoms with van der Waals surface area (Å²) in [4.78, 5) is 32.4. The van der Waals surface area contributed by atoms with Crippen LogP contribution in [-0.2, 0) is 16.0 Å². The van der Waals surface area contributed by atoms with Crippen molar-refractivity contribution in [2.75, 3.05) is 26.2 Å². The van der Waals surface area contributed by atoms with Crippen LogP contribution in [0.15, 0.2) is 40.9 Å². The first-order chi connectivity index (χ1) is 13.2. The number of nitrogens with zero attached hydrogens (tertiary/aromatic N) is 3. The Bertz CT molecular complexity index is 802. The van der Waals surface area contributed by atoms with Crippen LogP contribution >= 0.6 is 0 Å². The maximum absolute atomic E-state index is 12.6. The zero-order valence-electron chi connectivity index (χ0n) is 15.5. The smallest absolute Gasteiger partial charge is 0.242 e. The number of aromatic nitrogens is 1. The molecule has 2 aliphatic rings. The van der Waals surface area contributed by atoms with Gasteiger partial charge in [-0.25, -0.2) is 4.98 Å². The van der Waals surface area contributed by atoms with Crippen LogP contribution in [0.4, 0.5) is 0 Å². The van der Waals surface area contributed by atoms with Gasteiger partial charge in [0, 0.05) is 32.5 Å². The van der Waals surface area contributed by atoms with Gasteiger partial charge in [-0.15, -0.1) is 0 Å². The van der Waals surface area contributed by atoms with E-state index in [-0.39, 0.29) is 24.3 Å². The molecule has 6 heteroatoms. The summed E-state index contributed by atoms with van der Waals surface area (Å²) in [6.07, 6.45) is 5.84. The second kappa shape index (κ2) is 7.94. The Morgan fingerprint density at radius 2 is 2.04 bits per heavy atom. The Balaban J connectivity index is 1.36. The molecule has 0 aliphatic carbocycles. The fourth-order valence-corrected chi connectivity index (χ4v) is 3.93. The zero-order chi connectivity index (χ0) is 18.6. The van der Waals surface area contributed by atoms with Crippen molar-refractivity contribution in [3.63, 3.8) is 0 Å². The molecule has 4 rings (SSSR count). The van der Waals surface area contributed by atoms with Gasteiger partial charge in [-0.1, -0.05) is 30.3 Å². The molecule has 2 saturated heterocycles. The summed E-state index contributed by atoms with van der Waals surface area (Å²) < 4.78 is 5.99. The van der Waals surface area contributed by atoms with Gasteiger partial charge in [0.1, 0.15) is 5.76 Å². The van der Waals surface area contributed by atoms with E-state index in [0.29, 0.717) is 19.5 Å². The highest BCUT2D eigenvalue weighted by molar-refractivity contribution is 5.86. The number of carbonyl (C=O) groups excluding carboxylic acids is 2. The van der Waals surface area contributed by atoms with Crippen LogP contribution in [0.3, 0.4) is 0 Å². The number of benzene rings is 1. The monoisotopic (exact) mass is 367 g/mol. The van der Waals surface area contributed by atoms with Gasteiger partial charge >= 0.3 is 0 Å². The number of rotatable bonds is 5. The van der Waals surface area contributed by atoms with E-state index in [1.54, 1.807) is 11.1 Å². The lowest BCUT2D eigenvalue weighted by atomic mass is 9.98. The van der Waals surface area contributed by atoms with Crippen LogP contribution in [0.5, 0.6) is 0 Å². The van der Waals surface area contributed by atoms with E-state index in [0.717, 1.165) is 43.9 Å². The molecule has 142 valence electrons. The lowest BCUT2D eigenvalue weighted by molar-refractivity contribution is -0.139. The van der Waals surface area contributed by atoms with E-state index in [4.69, 9.17) is 4.42 Å². The highest BCUT2D eigenvalue weighted by atomic mass is 16.4. The quantitative estimate of drug-likeness (QED) is 0.815. The van der Waals surface area contributed by atoms with E-state index in [1.165, 1.54) is 5.56 Å². The lowest BCUT2D eigenvalue weighted by Gasteiger charge is -2.32. The molecule has 0 radical (unpaired) electrons. The minimum Gasteiger partial charge on any atom is -0.445 e. The Morgan fingerprint density at radius 1 is 1.19 bits per heavy atom. The van der Waals surface area contributed by atoms with Crippen molar-refractivity contribution < 1.29 is 14.0 Å². The highest BCUT2D eigenvalue weighted by Gasteiger charge is 2.30. The number of oxazole rings is 1. The minimum absolute atomic E-state index is 0.0333. The second-order valence-corrected chi connectivity index (χ2v) is 7.42. The average Bonchev–Trinajstić information content (AvgIpc) is 3.32. The van der Waals surface area contributed by atoms with Crippen LogP contribution in [0.1, 0.15) is 48.8 Å². The molecule has 0 N–H and O–H groups in total. The normalized spacial score (nSPS) is 20.3. The fourth-order valence-electron chi connectivity index (χ4n) is 3.93. The molecule has 1 atom stereocenters. The molecule has 3 heterocycles. The zero-order valence-corrected chi connectivity index (χ0v) is 15.5. The molecule has 2 fully saturated rings. The van der Waals surface area contributed by atoms with E-state index >= 15 is 0 Å². The first-order valence-corrected chi connectivity index (χ1v) is 9.73. The van der Waals surface area contributed by atoms with Gasteiger partial charge in [0.25, 0.3) is 0 Å². The van der Waals surface area contributed by atoms with Gasteiger partial charge in [-0.2, -0.15) is 0 Å². The molecule has 0 spiro atoms. The topological polar surface area (TPSA) is 66.7 Å². The van der Waals surface area contributed by atoms with Crippen LogP contribution in [-0.4, -0.2) is 52.8 Å². The van der Waals surface area contributed by atoms with Gasteiger partial charge in [0.15, 0.2) is 5.89 Å². The van der Waals surface area contributed by atoms with Crippen molar-refractivity contribution in [3.05, 3.63) is 53.7 Å². The van der Waals surface area contributed by atoms with E-state index < -0.39 is 0 Å². The molecule has 2 aliphatic heterocycles. The summed E-state index contributed by atoms with van der Waals surface area (Å²) in [6.45, 7) is 2.27. The molecule has 1 aromatic heterocycles. The molecule has 2 aromatic rings. The summed E-state index contributed by atoms with van der Waals surface area (Å²) in [6, 6.07) is 10.2. The minimum atomic E-state index is 0.0333. The van der Waals surface area contributed by atoms with Crippen LogP contribution in [0.25, 0.3) is 0 Å². The number of piperidine rings is 1. The van der Waals surface area contributed by atoms with Crippen molar-refractivity contribution in [1.82, 2.24) is 14.8 Å². The van der Waals surface area contributed by atoms with Gasteiger partial charge in [-0.05, 0) is 24.8 Å². The van der Waals surface area contributed by atoms with Crippen LogP contribution < -0.4 is 0 Å². The standard InChI is InChI=1S/C21H25N3O3/c25-19-9-5-11-24(19)15-20(26)23-10-4-8-17(14-23)21-22-13-18(27-21)12-16-6-2-1-3-7-16/h1-3,6-7,13,17H,4-5,8-12,14-15H2/t17-/m1/s1. The maximum Gasteiger partial charge on any atom is 0.242 e. The molecule has 0 bridgehead atoms. The third-order valence-corrected chi connectivity index (χ3v) is 5.41. The van der Waals surface area contributed by atoms with E-state index in [2.05, 4.69) is 17.1 Å². The molecule has 1 aromatic carbocycles. The Labute approximate surface area is 159 Å². The average molecular weight is 367 g/mol. The maximum atomic E-state index is 12.6.